The van der Waals surface area contributed by atoms with Crippen LogP contribution in [0.1, 0.15) is 57.9 Å². The van der Waals surface area contributed by atoms with Gasteiger partial charge in [0.1, 0.15) is 24.6 Å². The molecule has 2 N–H and O–H groups in total. The molecule has 0 bridgehead atoms. The first kappa shape index (κ1) is 32.8. The molecule has 2 heterocycles. The number of nitrogens with one attached hydrogen (secondary N) is 2. The Bertz CT molecular complexity index is 1090. The number of hydrogen-bond acceptors (Lipinski definition) is 6. The monoisotopic (exact) mass is 588 g/mol. The molecule has 0 aliphatic carbocycles. The first-order valence-corrected chi connectivity index (χ1v) is 14.8. The van der Waals surface area contributed by atoms with Crippen LogP contribution in [0.3, 0.4) is 0 Å². The van der Waals surface area contributed by atoms with Crippen molar-refractivity contribution in [3.8, 4) is 0 Å². The van der Waals surface area contributed by atoms with Crippen molar-refractivity contribution >= 4 is 23.9 Å². The summed E-state index contributed by atoms with van der Waals surface area (Å²) in [6, 6.07) is 4.69. The zero-order valence-corrected chi connectivity index (χ0v) is 25.0. The lowest BCUT2D eigenvalue weighted by Crippen LogP contribution is -2.76. The minimum Gasteiger partial charge on any atom is -0.445 e. The molecule has 1 aromatic rings. The number of rotatable bonds is 14. The average Bonchev–Trinajstić information content (AvgIpc) is 2.97. The summed E-state index contributed by atoms with van der Waals surface area (Å²) in [5.74, 6) is -0.430. The van der Waals surface area contributed by atoms with E-state index >= 15 is 0 Å². The van der Waals surface area contributed by atoms with Crippen LogP contribution in [0.15, 0.2) is 36.9 Å². The Labute approximate surface area is 248 Å². The molecule has 5 amide bonds. The Balaban J connectivity index is 1.80. The number of ether oxygens (including phenoxy) is 1. The molecule has 3 rings (SSSR count). The van der Waals surface area contributed by atoms with Crippen molar-refractivity contribution in [1.29, 1.82) is 0 Å². The second-order valence-electron chi connectivity index (χ2n) is 10.9. The average molecular weight is 589 g/mol. The SMILES string of the molecule is C=CCOC(=O)NCCC[C@H]1C(=O)N(CC(CC)CCCC)C[C@H]2N1C(=O)CN(C)N2C(=O)NCc1ccc(F)cc1. The van der Waals surface area contributed by atoms with E-state index in [0.29, 0.717) is 25.3 Å². The van der Waals surface area contributed by atoms with Gasteiger partial charge in [0, 0.05) is 26.7 Å². The maximum atomic E-state index is 13.9. The third-order valence-corrected chi connectivity index (χ3v) is 7.78. The second-order valence-corrected chi connectivity index (χ2v) is 10.9. The van der Waals surface area contributed by atoms with E-state index in [0.717, 1.165) is 31.2 Å². The molecule has 12 heteroatoms. The standard InChI is InChI=1S/C30H45FN6O5/c1-5-8-10-22(7-3)19-35-20-26-36(25(28(35)39)11-9-16-32-30(41)42-17-6-2)27(38)21-34(4)37(26)29(40)33-18-23-12-14-24(31)15-13-23/h6,12-15,22,25-26H,2,5,7-11,16-21H2,1,3-4H3,(H,32,41)(H,33,40)/t22?,25-,26-/m0/s1. The van der Waals surface area contributed by atoms with Crippen LogP contribution in [0.4, 0.5) is 14.0 Å². The van der Waals surface area contributed by atoms with E-state index in [9.17, 15) is 23.6 Å². The zero-order valence-electron chi connectivity index (χ0n) is 25.0. The first-order valence-electron chi connectivity index (χ1n) is 14.8. The number of fused-ring (bicyclic) bond motifs is 1. The van der Waals surface area contributed by atoms with Gasteiger partial charge in [-0.3, -0.25) is 9.59 Å². The molecule has 2 fully saturated rings. The van der Waals surface area contributed by atoms with Gasteiger partial charge in [0.15, 0.2) is 0 Å². The van der Waals surface area contributed by atoms with Crippen molar-refractivity contribution in [2.24, 2.45) is 5.92 Å². The molecule has 2 aliphatic rings. The van der Waals surface area contributed by atoms with Crippen LogP contribution in [0, 0.1) is 11.7 Å². The van der Waals surface area contributed by atoms with Crippen molar-refractivity contribution in [3.05, 3.63) is 48.3 Å². The molecule has 0 spiro atoms. The summed E-state index contributed by atoms with van der Waals surface area (Å²) in [5.41, 5.74) is 0.733. The Morgan fingerprint density at radius 3 is 2.57 bits per heavy atom. The Kier molecular flexibility index (Phi) is 12.6. The molecule has 1 aromatic carbocycles. The number of halogens is 1. The third kappa shape index (κ3) is 8.67. The van der Waals surface area contributed by atoms with Gasteiger partial charge in [-0.2, -0.15) is 0 Å². The van der Waals surface area contributed by atoms with Crippen molar-refractivity contribution in [2.45, 2.75) is 71.1 Å². The molecule has 42 heavy (non-hydrogen) atoms. The largest absolute Gasteiger partial charge is 0.445 e. The minimum atomic E-state index is -0.771. The van der Waals surface area contributed by atoms with Gasteiger partial charge in [-0.15, -0.1) is 0 Å². The quantitative estimate of drug-likeness (QED) is 0.254. The van der Waals surface area contributed by atoms with Crippen LogP contribution >= 0.6 is 0 Å². The number of benzene rings is 1. The van der Waals surface area contributed by atoms with Crippen LogP contribution in [0.25, 0.3) is 0 Å². The van der Waals surface area contributed by atoms with E-state index in [1.165, 1.54) is 23.2 Å². The van der Waals surface area contributed by atoms with Gasteiger partial charge < -0.3 is 25.2 Å². The van der Waals surface area contributed by atoms with Gasteiger partial charge in [0.05, 0.1) is 13.1 Å². The second kappa shape index (κ2) is 16.1. The van der Waals surface area contributed by atoms with E-state index < -0.39 is 24.3 Å². The normalized spacial score (nSPS) is 19.8. The van der Waals surface area contributed by atoms with Gasteiger partial charge in [-0.25, -0.2) is 24.0 Å². The number of piperazine rings is 1. The fraction of sp³-hybridized carbons (Fsp3) is 0.600. The lowest BCUT2D eigenvalue weighted by atomic mass is 9.96. The highest BCUT2D eigenvalue weighted by atomic mass is 19.1. The lowest BCUT2D eigenvalue weighted by molar-refractivity contribution is -0.188. The number of alkyl carbamates (subject to hydrolysis) is 1. The van der Waals surface area contributed by atoms with Crippen molar-refractivity contribution in [3.63, 3.8) is 0 Å². The minimum absolute atomic E-state index is 0.0650. The van der Waals surface area contributed by atoms with E-state index in [2.05, 4.69) is 31.1 Å². The number of hydrazine groups is 1. The van der Waals surface area contributed by atoms with E-state index in [1.54, 1.807) is 34.0 Å². The molecular formula is C30H45FN6O5. The number of carbonyl (C=O) groups excluding carboxylic acids is 4. The number of nitrogens with zero attached hydrogens (tertiary/aromatic N) is 4. The number of carbonyl (C=O) groups is 4. The predicted octanol–water partition coefficient (Wildman–Crippen LogP) is 3.47. The smallest absolute Gasteiger partial charge is 0.407 e. The van der Waals surface area contributed by atoms with Crippen molar-refractivity contribution < 1.29 is 28.3 Å². The molecule has 0 saturated carbocycles. The highest BCUT2D eigenvalue weighted by molar-refractivity contribution is 5.91. The molecule has 0 aromatic heterocycles. The number of likely N-dealkylation sites (N-methyl/N-ethyl adjacent to an activating group) is 1. The number of amides is 5. The maximum absolute atomic E-state index is 13.9. The number of hydrogen-bond donors (Lipinski definition) is 2. The summed E-state index contributed by atoms with van der Waals surface area (Å²) in [4.78, 5) is 55.9. The first-order chi connectivity index (χ1) is 20.2. The fourth-order valence-corrected chi connectivity index (χ4v) is 5.51. The van der Waals surface area contributed by atoms with E-state index in [1.807, 2.05) is 0 Å². The van der Waals surface area contributed by atoms with Crippen molar-refractivity contribution in [1.82, 2.24) is 30.5 Å². The predicted molar refractivity (Wildman–Crippen MR) is 156 cm³/mol. The van der Waals surface area contributed by atoms with E-state index in [4.69, 9.17) is 4.74 Å². The topological polar surface area (TPSA) is 115 Å². The lowest BCUT2D eigenvalue weighted by Gasteiger charge is -2.54. The van der Waals surface area contributed by atoms with Crippen LogP contribution in [0.5, 0.6) is 0 Å². The van der Waals surface area contributed by atoms with Crippen LogP contribution in [-0.2, 0) is 20.9 Å². The summed E-state index contributed by atoms with van der Waals surface area (Å²) in [6.45, 7) is 8.98. The van der Waals surface area contributed by atoms with Crippen LogP contribution < -0.4 is 10.6 Å². The Morgan fingerprint density at radius 2 is 1.90 bits per heavy atom. The summed E-state index contributed by atoms with van der Waals surface area (Å²) in [5, 5.41) is 8.63. The van der Waals surface area contributed by atoms with Crippen LogP contribution in [-0.4, -0.2) is 95.8 Å². The molecule has 2 aliphatic heterocycles. The number of urea groups is 1. The van der Waals surface area contributed by atoms with Gasteiger partial charge in [0.25, 0.3) is 0 Å². The Morgan fingerprint density at radius 1 is 1.17 bits per heavy atom. The van der Waals surface area contributed by atoms with Gasteiger partial charge in [-0.1, -0.05) is 57.9 Å². The molecule has 3 atom stereocenters. The van der Waals surface area contributed by atoms with Crippen LogP contribution in [0.2, 0.25) is 0 Å². The summed E-state index contributed by atoms with van der Waals surface area (Å²) < 4.78 is 18.3. The van der Waals surface area contributed by atoms with Gasteiger partial charge in [0.2, 0.25) is 11.8 Å². The molecule has 232 valence electrons. The molecule has 0 radical (unpaired) electrons. The highest BCUT2D eigenvalue weighted by Gasteiger charge is 2.50. The van der Waals surface area contributed by atoms with E-state index in [-0.39, 0.29) is 50.4 Å². The van der Waals surface area contributed by atoms with Gasteiger partial charge in [-0.05, 0) is 42.9 Å². The zero-order chi connectivity index (χ0) is 30.6. The molecular weight excluding hydrogens is 543 g/mol. The number of unbranched alkanes of at least 4 members (excludes halogenated alkanes) is 1. The maximum Gasteiger partial charge on any atom is 0.407 e. The fourth-order valence-electron chi connectivity index (χ4n) is 5.51. The summed E-state index contributed by atoms with van der Waals surface area (Å²) >= 11 is 0. The highest BCUT2D eigenvalue weighted by Crippen LogP contribution is 2.29. The third-order valence-electron chi connectivity index (χ3n) is 7.78. The van der Waals surface area contributed by atoms with Gasteiger partial charge >= 0.3 is 12.1 Å². The molecule has 1 unspecified atom stereocenters. The summed E-state index contributed by atoms with van der Waals surface area (Å²) in [7, 11) is 1.68. The summed E-state index contributed by atoms with van der Waals surface area (Å²) in [6.07, 6.45) is 4.99. The molecule has 11 nitrogen and oxygen atoms in total. The molecule has 2 saturated heterocycles. The van der Waals surface area contributed by atoms with Crippen molar-refractivity contribution in [2.75, 3.05) is 39.8 Å². The Hall–Kier alpha value is -3.67.